The summed E-state index contributed by atoms with van der Waals surface area (Å²) in [6.45, 7) is 9.34. The van der Waals surface area contributed by atoms with Crippen LogP contribution >= 0.6 is 0 Å². The van der Waals surface area contributed by atoms with Crippen LogP contribution < -0.4 is 5.73 Å². The maximum Gasteiger partial charge on any atom is 0.0208 e. The zero-order valence-corrected chi connectivity index (χ0v) is 11.8. The quantitative estimate of drug-likeness (QED) is 0.707. The molecule has 1 saturated carbocycles. The molecule has 1 heteroatoms. The van der Waals surface area contributed by atoms with Gasteiger partial charge in [0.2, 0.25) is 0 Å². The van der Waals surface area contributed by atoms with Crippen molar-refractivity contribution in [3.05, 3.63) is 0 Å². The second-order valence-electron chi connectivity index (χ2n) is 6.51. The Kier molecular flexibility index (Phi) is 4.85. The van der Waals surface area contributed by atoms with E-state index in [2.05, 4.69) is 27.7 Å². The first-order chi connectivity index (χ1) is 7.45. The summed E-state index contributed by atoms with van der Waals surface area (Å²) in [6.07, 6.45) is 10.5. The van der Waals surface area contributed by atoms with Gasteiger partial charge in [-0.3, -0.25) is 0 Å². The first-order valence-corrected chi connectivity index (χ1v) is 7.24. The highest BCUT2D eigenvalue weighted by Crippen LogP contribution is 2.48. The lowest BCUT2D eigenvalue weighted by Crippen LogP contribution is -2.50. The van der Waals surface area contributed by atoms with Crippen LogP contribution in [0.4, 0.5) is 0 Å². The number of rotatable bonds is 6. The number of hydrogen-bond donors (Lipinski definition) is 1. The third kappa shape index (κ3) is 3.00. The standard InChI is InChI=1S/C15H31N/c1-5-7-9-13(6-2)12-15(16)11-8-10-14(15,3)4/h13H,5-12,16H2,1-4H3. The molecule has 0 aromatic carbocycles. The maximum absolute atomic E-state index is 6.69. The number of unbranched alkanes of at least 4 members (excludes halogenated alkanes) is 1. The van der Waals surface area contributed by atoms with Gasteiger partial charge in [0.25, 0.3) is 0 Å². The molecule has 96 valence electrons. The van der Waals surface area contributed by atoms with Crippen molar-refractivity contribution in [2.45, 2.75) is 84.6 Å². The molecule has 2 atom stereocenters. The first-order valence-electron chi connectivity index (χ1n) is 7.24. The maximum atomic E-state index is 6.69. The van der Waals surface area contributed by atoms with E-state index in [-0.39, 0.29) is 5.54 Å². The molecule has 1 fully saturated rings. The predicted molar refractivity (Wildman–Crippen MR) is 72.5 cm³/mol. The molecule has 1 aliphatic rings. The Morgan fingerprint density at radius 1 is 1.19 bits per heavy atom. The summed E-state index contributed by atoms with van der Waals surface area (Å²) in [5.74, 6) is 0.849. The van der Waals surface area contributed by atoms with Crippen LogP contribution in [0.5, 0.6) is 0 Å². The van der Waals surface area contributed by atoms with Gasteiger partial charge < -0.3 is 5.73 Å². The average molecular weight is 225 g/mol. The minimum absolute atomic E-state index is 0.113. The van der Waals surface area contributed by atoms with Gasteiger partial charge in [-0.25, -0.2) is 0 Å². The Balaban J connectivity index is 2.56. The van der Waals surface area contributed by atoms with Crippen LogP contribution in [0.3, 0.4) is 0 Å². The van der Waals surface area contributed by atoms with E-state index in [4.69, 9.17) is 5.73 Å². The number of nitrogens with two attached hydrogens (primary N) is 1. The molecule has 0 bridgehead atoms. The highest BCUT2D eigenvalue weighted by Gasteiger charge is 2.46. The third-order valence-electron chi connectivity index (χ3n) is 4.97. The van der Waals surface area contributed by atoms with E-state index in [1.807, 2.05) is 0 Å². The summed E-state index contributed by atoms with van der Waals surface area (Å²) in [7, 11) is 0. The van der Waals surface area contributed by atoms with Crippen molar-refractivity contribution in [1.82, 2.24) is 0 Å². The number of hydrogen-bond acceptors (Lipinski definition) is 1. The van der Waals surface area contributed by atoms with Crippen molar-refractivity contribution >= 4 is 0 Å². The molecule has 0 aliphatic heterocycles. The van der Waals surface area contributed by atoms with E-state index in [0.29, 0.717) is 5.41 Å². The van der Waals surface area contributed by atoms with Gasteiger partial charge in [0.1, 0.15) is 0 Å². The molecule has 0 aromatic heterocycles. The van der Waals surface area contributed by atoms with E-state index < -0.39 is 0 Å². The molecule has 1 aliphatic carbocycles. The smallest absolute Gasteiger partial charge is 0.0208 e. The second kappa shape index (κ2) is 5.53. The van der Waals surface area contributed by atoms with Crippen molar-refractivity contribution in [2.24, 2.45) is 17.1 Å². The topological polar surface area (TPSA) is 26.0 Å². The van der Waals surface area contributed by atoms with E-state index in [9.17, 15) is 0 Å². The van der Waals surface area contributed by atoms with E-state index >= 15 is 0 Å². The van der Waals surface area contributed by atoms with Gasteiger partial charge >= 0.3 is 0 Å². The van der Waals surface area contributed by atoms with Crippen LogP contribution in [-0.2, 0) is 0 Å². The molecule has 16 heavy (non-hydrogen) atoms. The molecule has 0 spiro atoms. The zero-order valence-electron chi connectivity index (χ0n) is 11.8. The normalized spacial score (nSPS) is 30.6. The lowest BCUT2D eigenvalue weighted by Gasteiger charge is -2.40. The van der Waals surface area contributed by atoms with Gasteiger partial charge in [-0.15, -0.1) is 0 Å². The highest BCUT2D eigenvalue weighted by atomic mass is 14.8. The van der Waals surface area contributed by atoms with Crippen LogP contribution in [0.1, 0.15) is 79.1 Å². The molecule has 0 amide bonds. The molecular weight excluding hydrogens is 194 g/mol. The van der Waals surface area contributed by atoms with E-state index in [1.54, 1.807) is 0 Å². The molecule has 1 rings (SSSR count). The van der Waals surface area contributed by atoms with Crippen molar-refractivity contribution in [3.8, 4) is 0 Å². The summed E-state index contributed by atoms with van der Waals surface area (Å²) in [4.78, 5) is 0. The highest BCUT2D eigenvalue weighted by molar-refractivity contribution is 5.03. The Labute approximate surface area is 102 Å². The van der Waals surface area contributed by atoms with Gasteiger partial charge in [-0.1, -0.05) is 59.8 Å². The largest absolute Gasteiger partial charge is 0.325 e. The first kappa shape index (κ1) is 14.0. The van der Waals surface area contributed by atoms with Gasteiger partial charge in [0, 0.05) is 5.54 Å². The van der Waals surface area contributed by atoms with Gasteiger partial charge in [-0.2, -0.15) is 0 Å². The fraction of sp³-hybridized carbons (Fsp3) is 1.00. The Morgan fingerprint density at radius 3 is 2.31 bits per heavy atom. The summed E-state index contributed by atoms with van der Waals surface area (Å²) >= 11 is 0. The lowest BCUT2D eigenvalue weighted by molar-refractivity contribution is 0.161. The summed E-state index contributed by atoms with van der Waals surface area (Å²) in [5, 5.41) is 0. The fourth-order valence-electron chi connectivity index (χ4n) is 3.27. The van der Waals surface area contributed by atoms with E-state index in [1.165, 1.54) is 51.4 Å². The predicted octanol–water partition coefficient (Wildman–Crippen LogP) is 4.50. The summed E-state index contributed by atoms with van der Waals surface area (Å²) in [6, 6.07) is 0. The van der Waals surface area contributed by atoms with Crippen LogP contribution in [0.25, 0.3) is 0 Å². The van der Waals surface area contributed by atoms with Gasteiger partial charge in [0.15, 0.2) is 0 Å². The summed E-state index contributed by atoms with van der Waals surface area (Å²) < 4.78 is 0. The van der Waals surface area contributed by atoms with Crippen LogP contribution in [-0.4, -0.2) is 5.54 Å². The molecule has 0 radical (unpaired) electrons. The van der Waals surface area contributed by atoms with Crippen molar-refractivity contribution in [2.75, 3.05) is 0 Å². The Morgan fingerprint density at radius 2 is 1.88 bits per heavy atom. The minimum Gasteiger partial charge on any atom is -0.325 e. The molecule has 0 saturated heterocycles. The van der Waals surface area contributed by atoms with Crippen LogP contribution in [0, 0.1) is 11.3 Å². The minimum atomic E-state index is 0.113. The van der Waals surface area contributed by atoms with Gasteiger partial charge in [0.05, 0.1) is 0 Å². The zero-order chi connectivity index (χ0) is 12.2. The molecule has 0 aromatic rings. The Hall–Kier alpha value is -0.0400. The van der Waals surface area contributed by atoms with Crippen molar-refractivity contribution in [1.29, 1.82) is 0 Å². The van der Waals surface area contributed by atoms with Gasteiger partial charge in [-0.05, 0) is 30.6 Å². The van der Waals surface area contributed by atoms with Crippen LogP contribution in [0.15, 0.2) is 0 Å². The van der Waals surface area contributed by atoms with Crippen LogP contribution in [0.2, 0.25) is 0 Å². The SMILES string of the molecule is CCCCC(CC)CC1(N)CCCC1(C)C. The monoisotopic (exact) mass is 225 g/mol. The lowest BCUT2D eigenvalue weighted by atomic mass is 9.70. The second-order valence-corrected chi connectivity index (χ2v) is 6.51. The third-order valence-corrected chi connectivity index (χ3v) is 4.97. The fourth-order valence-corrected chi connectivity index (χ4v) is 3.27. The molecule has 2 N–H and O–H groups in total. The molecule has 0 heterocycles. The Bertz CT molecular complexity index is 209. The molecule has 1 nitrogen and oxygen atoms in total. The van der Waals surface area contributed by atoms with Crippen molar-refractivity contribution in [3.63, 3.8) is 0 Å². The average Bonchev–Trinajstić information content (AvgIpc) is 2.48. The summed E-state index contributed by atoms with van der Waals surface area (Å²) in [5.41, 5.74) is 7.15. The molecular formula is C15H31N. The van der Waals surface area contributed by atoms with E-state index in [0.717, 1.165) is 5.92 Å². The molecule has 2 unspecified atom stereocenters. The van der Waals surface area contributed by atoms with Crippen molar-refractivity contribution < 1.29 is 0 Å².